The third-order valence-corrected chi connectivity index (χ3v) is 4.88. The number of para-hydroxylation sites is 2. The molecule has 2 amide bonds. The molecular weight excluding hydrogens is 344 g/mol. The summed E-state index contributed by atoms with van der Waals surface area (Å²) in [7, 11) is 0. The summed E-state index contributed by atoms with van der Waals surface area (Å²) < 4.78 is 7.10. The number of benzene rings is 1. The number of nitrogens with one attached hydrogen (secondary N) is 1. The Morgan fingerprint density at radius 3 is 2.89 bits per heavy atom. The van der Waals surface area contributed by atoms with Crippen molar-refractivity contribution in [1.29, 1.82) is 0 Å². The molecule has 1 aromatic carbocycles. The molecule has 0 aliphatic carbocycles. The van der Waals surface area contributed by atoms with Gasteiger partial charge in [0.05, 0.1) is 17.6 Å². The number of fused-ring (bicyclic) bond motifs is 1. The number of rotatable bonds is 8. The van der Waals surface area contributed by atoms with Gasteiger partial charge in [0.25, 0.3) is 0 Å². The summed E-state index contributed by atoms with van der Waals surface area (Å²) in [5.41, 5.74) is 1.91. The van der Waals surface area contributed by atoms with Gasteiger partial charge < -0.3 is 19.5 Å². The van der Waals surface area contributed by atoms with Gasteiger partial charge in [0, 0.05) is 26.1 Å². The molecule has 0 radical (unpaired) electrons. The molecule has 0 bridgehead atoms. The quantitative estimate of drug-likeness (QED) is 0.773. The number of ether oxygens (including phenoxy) is 1. The lowest BCUT2D eigenvalue weighted by molar-refractivity contribution is -0.124. The van der Waals surface area contributed by atoms with Crippen LogP contribution in [0.25, 0.3) is 11.0 Å². The summed E-state index contributed by atoms with van der Waals surface area (Å²) in [6.45, 7) is 6.17. The maximum Gasteiger partial charge on any atom is 0.409 e. The number of cyclic esters (lactones) is 1. The fourth-order valence-electron chi connectivity index (χ4n) is 3.56. The van der Waals surface area contributed by atoms with Crippen molar-refractivity contribution in [1.82, 2.24) is 19.8 Å². The van der Waals surface area contributed by atoms with Crippen molar-refractivity contribution < 1.29 is 14.3 Å². The maximum atomic E-state index is 12.9. The Morgan fingerprint density at radius 1 is 1.33 bits per heavy atom. The zero-order valence-electron chi connectivity index (χ0n) is 16.1. The van der Waals surface area contributed by atoms with E-state index in [2.05, 4.69) is 16.8 Å². The van der Waals surface area contributed by atoms with Gasteiger partial charge >= 0.3 is 6.09 Å². The molecule has 27 heavy (non-hydrogen) atoms. The van der Waals surface area contributed by atoms with Crippen molar-refractivity contribution in [2.75, 3.05) is 26.2 Å². The van der Waals surface area contributed by atoms with Crippen LogP contribution in [0, 0.1) is 0 Å². The van der Waals surface area contributed by atoms with E-state index in [1.807, 2.05) is 31.2 Å². The van der Waals surface area contributed by atoms with Crippen LogP contribution in [0.1, 0.15) is 45.0 Å². The van der Waals surface area contributed by atoms with Gasteiger partial charge in [0.15, 0.2) is 0 Å². The van der Waals surface area contributed by atoms with Gasteiger partial charge in [-0.1, -0.05) is 26.0 Å². The van der Waals surface area contributed by atoms with Crippen LogP contribution in [0.2, 0.25) is 0 Å². The summed E-state index contributed by atoms with van der Waals surface area (Å²) in [5, 5.41) is 2.99. The first-order chi connectivity index (χ1) is 13.2. The molecule has 1 atom stereocenters. The minimum atomic E-state index is -0.313. The largest absolute Gasteiger partial charge is 0.449 e. The summed E-state index contributed by atoms with van der Waals surface area (Å²) in [5.74, 6) is 0.906. The summed E-state index contributed by atoms with van der Waals surface area (Å²) in [4.78, 5) is 31.0. The van der Waals surface area contributed by atoms with Gasteiger partial charge in [-0.2, -0.15) is 0 Å². The lowest BCUT2D eigenvalue weighted by Gasteiger charge is -2.27. The molecule has 0 spiro atoms. The van der Waals surface area contributed by atoms with Crippen molar-refractivity contribution in [3.8, 4) is 0 Å². The van der Waals surface area contributed by atoms with Gasteiger partial charge in [-0.25, -0.2) is 9.78 Å². The average molecular weight is 372 g/mol. The number of nitrogens with zero attached hydrogens (tertiary/aromatic N) is 3. The van der Waals surface area contributed by atoms with E-state index in [0.717, 1.165) is 36.1 Å². The molecule has 1 fully saturated rings. The predicted octanol–water partition coefficient (Wildman–Crippen LogP) is 2.90. The third kappa shape index (κ3) is 4.23. The zero-order valence-corrected chi connectivity index (χ0v) is 16.1. The van der Waals surface area contributed by atoms with Gasteiger partial charge in [-0.05, 0) is 31.4 Å². The van der Waals surface area contributed by atoms with E-state index in [9.17, 15) is 9.59 Å². The highest BCUT2D eigenvalue weighted by Gasteiger charge is 2.24. The summed E-state index contributed by atoms with van der Waals surface area (Å²) >= 11 is 0. The van der Waals surface area contributed by atoms with E-state index in [4.69, 9.17) is 9.72 Å². The Hall–Kier alpha value is -2.57. The lowest BCUT2D eigenvalue weighted by Crippen LogP contribution is -2.43. The molecule has 7 nitrogen and oxygen atoms in total. The van der Waals surface area contributed by atoms with Crippen LogP contribution in [0.3, 0.4) is 0 Å². The van der Waals surface area contributed by atoms with Crippen molar-refractivity contribution in [3.63, 3.8) is 0 Å². The minimum Gasteiger partial charge on any atom is -0.449 e. The number of imidazole rings is 1. The molecule has 2 aromatic rings. The fourth-order valence-corrected chi connectivity index (χ4v) is 3.56. The Bertz CT molecular complexity index is 802. The first-order valence-corrected chi connectivity index (χ1v) is 9.81. The third-order valence-electron chi connectivity index (χ3n) is 4.88. The molecule has 0 unspecified atom stereocenters. The highest BCUT2D eigenvalue weighted by Crippen LogP contribution is 2.24. The monoisotopic (exact) mass is 372 g/mol. The summed E-state index contributed by atoms with van der Waals surface area (Å²) in [6.07, 6.45) is 3.01. The van der Waals surface area contributed by atoms with Gasteiger partial charge in [-0.3, -0.25) is 4.79 Å². The van der Waals surface area contributed by atoms with E-state index in [-0.39, 0.29) is 18.0 Å². The first-order valence-electron chi connectivity index (χ1n) is 9.81. The second-order valence-corrected chi connectivity index (χ2v) is 6.81. The second-order valence-electron chi connectivity index (χ2n) is 6.81. The van der Waals surface area contributed by atoms with Crippen LogP contribution in [-0.2, 0) is 16.0 Å². The number of carbonyl (C=O) groups excluding carboxylic acids is 2. The van der Waals surface area contributed by atoms with Crippen LogP contribution >= 0.6 is 0 Å². The van der Waals surface area contributed by atoms with Crippen LogP contribution in [0.15, 0.2) is 24.3 Å². The Labute approximate surface area is 159 Å². The van der Waals surface area contributed by atoms with Crippen LogP contribution in [0.4, 0.5) is 4.79 Å². The van der Waals surface area contributed by atoms with Gasteiger partial charge in [-0.15, -0.1) is 0 Å². The smallest absolute Gasteiger partial charge is 0.409 e. The summed E-state index contributed by atoms with van der Waals surface area (Å²) in [6, 6.07) is 7.63. The fraction of sp³-hybridized carbons (Fsp3) is 0.550. The molecule has 0 saturated carbocycles. The standard InChI is InChI=1S/C20H28N4O3/c1-3-8-18-22-15-9-5-6-10-17(15)24(18)16(4-2)19(25)21-11-13-23-12-7-14-27-20(23)26/h5-6,9-10,16H,3-4,7-8,11-14H2,1-2H3,(H,21,25)/t16-/m1/s1. The lowest BCUT2D eigenvalue weighted by atomic mass is 10.1. The molecule has 1 aliphatic rings. The van der Waals surface area contributed by atoms with Crippen LogP contribution < -0.4 is 5.32 Å². The topological polar surface area (TPSA) is 76.5 Å². The molecule has 2 heterocycles. The Balaban J connectivity index is 1.72. The van der Waals surface area contributed by atoms with E-state index >= 15 is 0 Å². The van der Waals surface area contributed by atoms with Crippen molar-refractivity contribution >= 4 is 23.0 Å². The Kier molecular flexibility index (Phi) is 6.32. The van der Waals surface area contributed by atoms with Crippen molar-refractivity contribution in [3.05, 3.63) is 30.1 Å². The van der Waals surface area contributed by atoms with Gasteiger partial charge in [0.2, 0.25) is 5.91 Å². The van der Waals surface area contributed by atoms with Crippen molar-refractivity contribution in [2.24, 2.45) is 0 Å². The number of aromatic nitrogens is 2. The Morgan fingerprint density at radius 2 is 2.15 bits per heavy atom. The molecule has 7 heteroatoms. The minimum absolute atomic E-state index is 0.0385. The van der Waals surface area contributed by atoms with Crippen LogP contribution in [-0.4, -0.2) is 52.7 Å². The van der Waals surface area contributed by atoms with E-state index in [1.54, 1.807) is 4.90 Å². The molecular formula is C20H28N4O3. The predicted molar refractivity (Wildman–Crippen MR) is 104 cm³/mol. The number of amides is 2. The van der Waals surface area contributed by atoms with Crippen LogP contribution in [0.5, 0.6) is 0 Å². The van der Waals surface area contributed by atoms with E-state index in [0.29, 0.717) is 32.7 Å². The highest BCUT2D eigenvalue weighted by atomic mass is 16.6. The zero-order chi connectivity index (χ0) is 19.2. The highest BCUT2D eigenvalue weighted by molar-refractivity contribution is 5.84. The molecule has 146 valence electrons. The maximum absolute atomic E-state index is 12.9. The number of carbonyl (C=O) groups is 2. The van der Waals surface area contributed by atoms with E-state index < -0.39 is 0 Å². The normalized spacial score (nSPS) is 15.6. The molecule has 1 aliphatic heterocycles. The van der Waals surface area contributed by atoms with Gasteiger partial charge in [0.1, 0.15) is 11.9 Å². The van der Waals surface area contributed by atoms with E-state index in [1.165, 1.54) is 0 Å². The number of hydrogen-bond acceptors (Lipinski definition) is 4. The number of aryl methyl sites for hydroxylation is 1. The second kappa shape index (κ2) is 8.88. The average Bonchev–Trinajstić information content (AvgIpc) is 3.02. The molecule has 3 rings (SSSR count). The van der Waals surface area contributed by atoms with Crippen molar-refractivity contribution in [2.45, 2.75) is 45.6 Å². The molecule has 1 N–H and O–H groups in total. The first kappa shape index (κ1) is 19.2. The molecule has 1 saturated heterocycles. The molecule has 1 aromatic heterocycles. The SMILES string of the molecule is CCCc1nc2ccccc2n1[C@H](CC)C(=O)NCCN1CCCOC1=O. The number of hydrogen-bond donors (Lipinski definition) is 1.